The van der Waals surface area contributed by atoms with Crippen molar-refractivity contribution in [3.63, 3.8) is 0 Å². The zero-order valence-electron chi connectivity index (χ0n) is 15.2. The van der Waals surface area contributed by atoms with Gasteiger partial charge in [-0.3, -0.25) is 0 Å². The van der Waals surface area contributed by atoms with Gasteiger partial charge in [0.1, 0.15) is 0 Å². The SMILES string of the molecule is CCC.CN/C=C\c1cn(C2=CCC=C(C)C=C2)c2ccccc12. The standard InChI is InChI=1S/C19H20N2.C3H8/c1-15-6-5-7-17(11-10-15)21-14-16(12-13-20-2)18-8-3-4-9-19(18)21;1-3-2/h3-4,6-14,20H,5H2,1-2H3;3H2,1-2H3/b13-12-;. The van der Waals surface area contributed by atoms with Crippen molar-refractivity contribution in [3.05, 3.63) is 72.1 Å². The minimum absolute atomic E-state index is 0.975. The quantitative estimate of drug-likeness (QED) is 0.734. The summed E-state index contributed by atoms with van der Waals surface area (Å²) in [6, 6.07) is 8.53. The smallest absolute Gasteiger partial charge is 0.0534 e. The van der Waals surface area contributed by atoms with E-state index in [1.165, 1.54) is 34.2 Å². The number of nitrogens with zero attached hydrogens (tertiary/aromatic N) is 1. The summed E-state index contributed by atoms with van der Waals surface area (Å²) in [6.07, 6.45) is 17.4. The lowest BCUT2D eigenvalue weighted by atomic mass is 10.2. The van der Waals surface area contributed by atoms with Crippen LogP contribution < -0.4 is 5.32 Å². The van der Waals surface area contributed by atoms with E-state index in [9.17, 15) is 0 Å². The van der Waals surface area contributed by atoms with Crippen LogP contribution in [-0.2, 0) is 0 Å². The number of nitrogens with one attached hydrogen (secondary N) is 1. The molecule has 2 nitrogen and oxygen atoms in total. The van der Waals surface area contributed by atoms with Gasteiger partial charge in [0.2, 0.25) is 0 Å². The van der Waals surface area contributed by atoms with Gasteiger partial charge < -0.3 is 9.88 Å². The number of aromatic nitrogens is 1. The third-order valence-corrected chi connectivity index (χ3v) is 3.73. The van der Waals surface area contributed by atoms with Crippen LogP contribution in [0.25, 0.3) is 22.7 Å². The van der Waals surface area contributed by atoms with Gasteiger partial charge in [-0.1, -0.05) is 62.3 Å². The maximum absolute atomic E-state index is 3.06. The molecule has 126 valence electrons. The van der Waals surface area contributed by atoms with Crippen LogP contribution in [0.5, 0.6) is 0 Å². The molecule has 1 aliphatic rings. The molecule has 1 aromatic carbocycles. The largest absolute Gasteiger partial charge is 0.394 e. The Labute approximate surface area is 145 Å². The molecule has 0 radical (unpaired) electrons. The van der Waals surface area contributed by atoms with Crippen LogP contribution in [0.15, 0.2) is 66.5 Å². The van der Waals surface area contributed by atoms with E-state index < -0.39 is 0 Å². The molecular weight excluding hydrogens is 292 g/mol. The molecule has 0 spiro atoms. The molecular formula is C22H28N2. The first kappa shape index (κ1) is 17.9. The van der Waals surface area contributed by atoms with Crippen molar-refractivity contribution in [2.75, 3.05) is 7.05 Å². The Balaban J connectivity index is 0.000000647. The topological polar surface area (TPSA) is 17.0 Å². The lowest BCUT2D eigenvalue weighted by molar-refractivity contribution is 1.09. The second-order valence-corrected chi connectivity index (χ2v) is 5.95. The first-order valence-corrected chi connectivity index (χ1v) is 8.70. The van der Waals surface area contributed by atoms with Crippen molar-refractivity contribution in [1.82, 2.24) is 9.88 Å². The normalized spacial score (nSPS) is 14.0. The summed E-state index contributed by atoms with van der Waals surface area (Å²) in [7, 11) is 1.92. The van der Waals surface area contributed by atoms with E-state index in [2.05, 4.69) is 91.5 Å². The highest BCUT2D eigenvalue weighted by Crippen LogP contribution is 2.27. The Morgan fingerprint density at radius 2 is 1.88 bits per heavy atom. The molecule has 0 amide bonds. The third-order valence-electron chi connectivity index (χ3n) is 3.73. The zero-order chi connectivity index (χ0) is 17.4. The number of hydrogen-bond acceptors (Lipinski definition) is 1. The fraction of sp³-hybridized carbons (Fsp3) is 0.273. The summed E-state index contributed by atoms with van der Waals surface area (Å²) in [5, 5.41) is 4.33. The molecule has 0 saturated heterocycles. The summed E-state index contributed by atoms with van der Waals surface area (Å²) >= 11 is 0. The molecule has 2 aromatic rings. The molecule has 0 saturated carbocycles. The van der Waals surface area contributed by atoms with E-state index in [1.807, 2.05) is 13.2 Å². The molecule has 3 rings (SSSR count). The van der Waals surface area contributed by atoms with Crippen molar-refractivity contribution in [3.8, 4) is 0 Å². The van der Waals surface area contributed by atoms with Crippen LogP contribution in [0, 0.1) is 0 Å². The first-order valence-electron chi connectivity index (χ1n) is 8.70. The molecule has 0 fully saturated rings. The van der Waals surface area contributed by atoms with Gasteiger partial charge in [0.25, 0.3) is 0 Å². The predicted octanol–water partition coefficient (Wildman–Crippen LogP) is 5.99. The van der Waals surface area contributed by atoms with Crippen LogP contribution in [0.4, 0.5) is 0 Å². The van der Waals surface area contributed by atoms with Gasteiger partial charge in [-0.05, 0) is 37.8 Å². The fourth-order valence-electron chi connectivity index (χ4n) is 2.62. The van der Waals surface area contributed by atoms with Gasteiger partial charge in [0.05, 0.1) is 5.52 Å². The number of benzene rings is 1. The second kappa shape index (κ2) is 8.97. The van der Waals surface area contributed by atoms with E-state index in [-0.39, 0.29) is 0 Å². The molecule has 0 bridgehead atoms. The molecule has 1 N–H and O–H groups in total. The fourth-order valence-corrected chi connectivity index (χ4v) is 2.62. The lowest BCUT2D eigenvalue weighted by Crippen LogP contribution is -1.92. The highest BCUT2D eigenvalue weighted by molar-refractivity contribution is 5.92. The van der Waals surface area contributed by atoms with Gasteiger partial charge in [0, 0.05) is 29.9 Å². The molecule has 1 aliphatic carbocycles. The highest BCUT2D eigenvalue weighted by atomic mass is 15.0. The minimum atomic E-state index is 0.975. The number of hydrogen-bond donors (Lipinski definition) is 1. The van der Waals surface area contributed by atoms with Crippen molar-refractivity contribution < 1.29 is 0 Å². The Morgan fingerprint density at radius 1 is 1.12 bits per heavy atom. The molecule has 0 unspecified atom stereocenters. The van der Waals surface area contributed by atoms with Gasteiger partial charge >= 0.3 is 0 Å². The summed E-state index contributed by atoms with van der Waals surface area (Å²) in [5.74, 6) is 0. The zero-order valence-corrected chi connectivity index (χ0v) is 15.2. The van der Waals surface area contributed by atoms with Crippen LogP contribution in [0.3, 0.4) is 0 Å². The molecule has 2 heteroatoms. The van der Waals surface area contributed by atoms with Crippen molar-refractivity contribution in [2.24, 2.45) is 0 Å². The predicted molar refractivity (Wildman–Crippen MR) is 108 cm³/mol. The van der Waals surface area contributed by atoms with Crippen LogP contribution in [-0.4, -0.2) is 11.6 Å². The average molecular weight is 320 g/mol. The Kier molecular flexibility index (Phi) is 6.68. The van der Waals surface area contributed by atoms with E-state index in [0.717, 1.165) is 6.42 Å². The number of fused-ring (bicyclic) bond motifs is 1. The minimum Gasteiger partial charge on any atom is -0.394 e. The Hall–Kier alpha value is -2.48. The number of para-hydroxylation sites is 1. The molecule has 1 aromatic heterocycles. The van der Waals surface area contributed by atoms with Crippen molar-refractivity contribution in [2.45, 2.75) is 33.6 Å². The van der Waals surface area contributed by atoms with E-state index in [4.69, 9.17) is 0 Å². The Bertz CT molecular complexity index is 785. The van der Waals surface area contributed by atoms with Crippen LogP contribution in [0.1, 0.15) is 39.2 Å². The number of allylic oxidation sites excluding steroid dienone is 6. The molecule has 24 heavy (non-hydrogen) atoms. The van der Waals surface area contributed by atoms with E-state index in [0.29, 0.717) is 0 Å². The van der Waals surface area contributed by atoms with Crippen molar-refractivity contribution >= 4 is 22.7 Å². The van der Waals surface area contributed by atoms with Gasteiger partial charge in [-0.25, -0.2) is 0 Å². The first-order chi connectivity index (χ1) is 11.7. The summed E-state index contributed by atoms with van der Waals surface area (Å²) in [5.41, 5.74) is 5.00. The lowest BCUT2D eigenvalue weighted by Gasteiger charge is -2.05. The summed E-state index contributed by atoms with van der Waals surface area (Å²) in [6.45, 7) is 6.39. The van der Waals surface area contributed by atoms with E-state index >= 15 is 0 Å². The maximum Gasteiger partial charge on any atom is 0.0534 e. The maximum atomic E-state index is 3.06. The molecule has 0 atom stereocenters. The van der Waals surface area contributed by atoms with Crippen LogP contribution >= 0.6 is 0 Å². The molecule has 0 aliphatic heterocycles. The third kappa shape index (κ3) is 4.29. The summed E-state index contributed by atoms with van der Waals surface area (Å²) < 4.78 is 2.27. The van der Waals surface area contributed by atoms with Crippen molar-refractivity contribution in [1.29, 1.82) is 0 Å². The van der Waals surface area contributed by atoms with Gasteiger partial charge in [-0.15, -0.1) is 0 Å². The van der Waals surface area contributed by atoms with Crippen LogP contribution in [0.2, 0.25) is 0 Å². The van der Waals surface area contributed by atoms with Gasteiger partial charge in [-0.2, -0.15) is 0 Å². The number of rotatable bonds is 3. The van der Waals surface area contributed by atoms with E-state index in [1.54, 1.807) is 0 Å². The monoisotopic (exact) mass is 320 g/mol. The van der Waals surface area contributed by atoms with Gasteiger partial charge in [0.15, 0.2) is 0 Å². The second-order valence-electron chi connectivity index (χ2n) is 5.95. The summed E-state index contributed by atoms with van der Waals surface area (Å²) in [4.78, 5) is 0. The highest BCUT2D eigenvalue weighted by Gasteiger charge is 2.08. The molecule has 1 heterocycles. The average Bonchev–Trinajstić information content (AvgIpc) is 2.81. The Morgan fingerprint density at radius 3 is 2.62 bits per heavy atom.